The third-order valence-corrected chi connectivity index (χ3v) is 8.18. The lowest BCUT2D eigenvalue weighted by Gasteiger charge is -2.26. The summed E-state index contributed by atoms with van der Waals surface area (Å²) in [5.41, 5.74) is 2.61. The number of nitrogens with zero attached hydrogens (tertiary/aromatic N) is 2. The van der Waals surface area contributed by atoms with Crippen LogP contribution in [0.2, 0.25) is 0 Å². The van der Waals surface area contributed by atoms with Crippen molar-refractivity contribution in [2.24, 2.45) is 0 Å². The van der Waals surface area contributed by atoms with Gasteiger partial charge in [0.05, 0.1) is 4.90 Å². The smallest absolute Gasteiger partial charge is 0.254 e. The lowest BCUT2D eigenvalue weighted by molar-refractivity contribution is 0.0783. The maximum absolute atomic E-state index is 13.2. The van der Waals surface area contributed by atoms with Crippen LogP contribution in [0.4, 0.5) is 0 Å². The van der Waals surface area contributed by atoms with Crippen molar-refractivity contribution in [3.8, 4) is 0 Å². The number of nitrogens with one attached hydrogen (secondary N) is 1. The predicted octanol–water partition coefficient (Wildman–Crippen LogP) is 3.33. The SMILES string of the molecule is Cc1ccc(S(=O)(=O)N2CCCCC2)cc1C(=O)N(C)Cc1ccc(C(=O)NC2CC2)cc1. The molecule has 4 rings (SSSR count). The van der Waals surface area contributed by atoms with Crippen LogP contribution < -0.4 is 5.32 Å². The monoisotopic (exact) mass is 469 g/mol. The number of benzene rings is 2. The molecule has 2 aliphatic rings. The van der Waals surface area contributed by atoms with Gasteiger partial charge in [0.25, 0.3) is 11.8 Å². The summed E-state index contributed by atoms with van der Waals surface area (Å²) in [6, 6.07) is 12.3. The summed E-state index contributed by atoms with van der Waals surface area (Å²) in [7, 11) is -1.92. The van der Waals surface area contributed by atoms with Crippen LogP contribution in [0.1, 0.15) is 63.9 Å². The van der Waals surface area contributed by atoms with Crippen LogP contribution >= 0.6 is 0 Å². The van der Waals surface area contributed by atoms with Gasteiger partial charge in [-0.05, 0) is 68.0 Å². The van der Waals surface area contributed by atoms with Gasteiger partial charge in [0.2, 0.25) is 10.0 Å². The second kappa shape index (κ2) is 9.65. The Morgan fingerprint density at radius 1 is 1.03 bits per heavy atom. The van der Waals surface area contributed by atoms with Gasteiger partial charge in [0, 0.05) is 43.9 Å². The van der Waals surface area contributed by atoms with E-state index >= 15 is 0 Å². The van der Waals surface area contributed by atoms with E-state index in [1.54, 1.807) is 36.2 Å². The Morgan fingerprint density at radius 3 is 2.33 bits per heavy atom. The van der Waals surface area contributed by atoms with Gasteiger partial charge in [0.1, 0.15) is 0 Å². The maximum atomic E-state index is 13.2. The van der Waals surface area contributed by atoms with Crippen molar-refractivity contribution in [2.75, 3.05) is 20.1 Å². The van der Waals surface area contributed by atoms with E-state index in [-0.39, 0.29) is 16.7 Å². The molecule has 1 aliphatic carbocycles. The summed E-state index contributed by atoms with van der Waals surface area (Å²) in [6.07, 6.45) is 4.84. The second-order valence-electron chi connectivity index (χ2n) is 9.05. The summed E-state index contributed by atoms with van der Waals surface area (Å²) >= 11 is 0. The Balaban J connectivity index is 1.46. The highest BCUT2D eigenvalue weighted by Crippen LogP contribution is 2.24. The van der Waals surface area contributed by atoms with Crippen molar-refractivity contribution in [1.82, 2.24) is 14.5 Å². The molecule has 0 atom stereocenters. The van der Waals surface area contributed by atoms with Crippen LogP contribution in [0.15, 0.2) is 47.4 Å². The minimum absolute atomic E-state index is 0.0733. The fourth-order valence-corrected chi connectivity index (χ4v) is 5.60. The third kappa shape index (κ3) is 5.45. The largest absolute Gasteiger partial charge is 0.349 e. The van der Waals surface area contributed by atoms with Crippen LogP contribution in [0, 0.1) is 6.92 Å². The fourth-order valence-electron chi connectivity index (χ4n) is 4.06. The van der Waals surface area contributed by atoms with Crippen molar-refractivity contribution in [3.63, 3.8) is 0 Å². The maximum Gasteiger partial charge on any atom is 0.254 e. The van der Waals surface area contributed by atoms with E-state index in [4.69, 9.17) is 0 Å². The molecule has 1 heterocycles. The summed E-state index contributed by atoms with van der Waals surface area (Å²) in [5, 5.41) is 2.96. The molecule has 0 unspecified atom stereocenters. The first-order chi connectivity index (χ1) is 15.8. The molecule has 2 aromatic carbocycles. The highest BCUT2D eigenvalue weighted by molar-refractivity contribution is 7.89. The van der Waals surface area contributed by atoms with Gasteiger partial charge in [-0.15, -0.1) is 0 Å². The predicted molar refractivity (Wildman–Crippen MR) is 127 cm³/mol. The van der Waals surface area contributed by atoms with E-state index < -0.39 is 10.0 Å². The number of carbonyl (C=O) groups excluding carboxylic acids is 2. The number of sulfonamides is 1. The average molecular weight is 470 g/mol. The molecule has 1 N–H and O–H groups in total. The molecule has 7 nitrogen and oxygen atoms in total. The lowest BCUT2D eigenvalue weighted by Crippen LogP contribution is -2.35. The van der Waals surface area contributed by atoms with Crippen molar-refractivity contribution in [1.29, 1.82) is 0 Å². The molecule has 2 amide bonds. The molecule has 0 radical (unpaired) electrons. The zero-order chi connectivity index (χ0) is 23.6. The van der Waals surface area contributed by atoms with E-state index in [9.17, 15) is 18.0 Å². The fraction of sp³-hybridized carbons (Fsp3) is 0.440. The second-order valence-corrected chi connectivity index (χ2v) is 11.0. The summed E-state index contributed by atoms with van der Waals surface area (Å²) in [4.78, 5) is 27.1. The van der Waals surface area contributed by atoms with Gasteiger partial charge in [-0.25, -0.2) is 8.42 Å². The van der Waals surface area contributed by atoms with Crippen molar-refractivity contribution in [2.45, 2.75) is 56.5 Å². The van der Waals surface area contributed by atoms with Crippen molar-refractivity contribution in [3.05, 3.63) is 64.7 Å². The van der Waals surface area contributed by atoms with Gasteiger partial charge in [0.15, 0.2) is 0 Å². The molecule has 1 saturated carbocycles. The first kappa shape index (κ1) is 23.4. The summed E-state index contributed by atoms with van der Waals surface area (Å²) in [5.74, 6) is -0.311. The normalized spacial score (nSPS) is 16.9. The van der Waals surface area contributed by atoms with E-state index in [0.29, 0.717) is 36.8 Å². The minimum Gasteiger partial charge on any atom is -0.349 e. The standard InChI is InChI=1S/C25H31N3O4S/c1-18-6-13-22(33(31,32)28-14-4-3-5-15-28)16-23(18)25(30)27(2)17-19-7-9-20(10-8-19)24(29)26-21-11-12-21/h6-10,13,16,21H,3-5,11-12,14-15,17H2,1-2H3,(H,26,29). The van der Waals surface area contributed by atoms with Crippen molar-refractivity contribution >= 4 is 21.8 Å². The Morgan fingerprint density at radius 2 is 1.70 bits per heavy atom. The topological polar surface area (TPSA) is 86.8 Å². The van der Waals surface area contributed by atoms with Crippen LogP contribution in [-0.2, 0) is 16.6 Å². The molecule has 1 saturated heterocycles. The molecular weight excluding hydrogens is 438 g/mol. The zero-order valence-electron chi connectivity index (χ0n) is 19.2. The Kier molecular flexibility index (Phi) is 6.86. The quantitative estimate of drug-likeness (QED) is 0.674. The summed E-state index contributed by atoms with van der Waals surface area (Å²) < 4.78 is 27.6. The lowest BCUT2D eigenvalue weighted by atomic mass is 10.1. The molecule has 8 heteroatoms. The molecule has 0 bridgehead atoms. The van der Waals surface area contributed by atoms with E-state index in [1.165, 1.54) is 10.4 Å². The van der Waals surface area contributed by atoms with Gasteiger partial charge in [-0.2, -0.15) is 4.31 Å². The van der Waals surface area contributed by atoms with Crippen LogP contribution in [0.3, 0.4) is 0 Å². The number of aryl methyl sites for hydroxylation is 1. The molecular formula is C25H31N3O4S. The Labute approximate surface area is 195 Å². The third-order valence-electron chi connectivity index (χ3n) is 6.29. The molecule has 2 fully saturated rings. The first-order valence-electron chi connectivity index (χ1n) is 11.5. The Hall–Kier alpha value is -2.71. The number of rotatable bonds is 7. The van der Waals surface area contributed by atoms with Gasteiger partial charge in [-0.1, -0.05) is 24.6 Å². The summed E-state index contributed by atoms with van der Waals surface area (Å²) in [6.45, 7) is 3.21. The number of amides is 2. The Bertz CT molecular complexity index is 1130. The molecule has 33 heavy (non-hydrogen) atoms. The molecule has 1 aliphatic heterocycles. The van der Waals surface area contributed by atoms with Crippen LogP contribution in [0.5, 0.6) is 0 Å². The number of carbonyl (C=O) groups is 2. The van der Waals surface area contributed by atoms with Crippen molar-refractivity contribution < 1.29 is 18.0 Å². The van der Waals surface area contributed by atoms with E-state index in [0.717, 1.165) is 43.2 Å². The molecule has 176 valence electrons. The van der Waals surface area contributed by atoms with Crippen LogP contribution in [0.25, 0.3) is 0 Å². The van der Waals surface area contributed by atoms with Crippen LogP contribution in [-0.4, -0.2) is 55.6 Å². The average Bonchev–Trinajstić information content (AvgIpc) is 3.63. The zero-order valence-corrected chi connectivity index (χ0v) is 20.0. The number of piperidine rings is 1. The number of hydrogen-bond donors (Lipinski definition) is 1. The van der Waals surface area contributed by atoms with Gasteiger partial charge in [-0.3, -0.25) is 9.59 Å². The minimum atomic E-state index is -3.61. The highest BCUT2D eigenvalue weighted by Gasteiger charge is 2.28. The molecule has 0 spiro atoms. The van der Waals surface area contributed by atoms with E-state index in [2.05, 4.69) is 5.32 Å². The number of hydrogen-bond acceptors (Lipinski definition) is 4. The van der Waals surface area contributed by atoms with E-state index in [1.807, 2.05) is 19.1 Å². The first-order valence-corrected chi connectivity index (χ1v) is 13.0. The van der Waals surface area contributed by atoms with Gasteiger partial charge >= 0.3 is 0 Å². The highest BCUT2D eigenvalue weighted by atomic mass is 32.2. The molecule has 0 aromatic heterocycles. The van der Waals surface area contributed by atoms with Gasteiger partial charge < -0.3 is 10.2 Å². The molecule has 2 aromatic rings.